The standard InChI is InChI=1S/C18H33N3O/c1-3-17(21-6-2-9-22-10-8-21)4-7-20(5-1)18-11-15-13-19-14-16(15)12-18/h15-19H,1-14H2. The molecule has 1 saturated carbocycles. The summed E-state index contributed by atoms with van der Waals surface area (Å²) < 4.78 is 5.63. The number of hydrogen-bond acceptors (Lipinski definition) is 4. The summed E-state index contributed by atoms with van der Waals surface area (Å²) >= 11 is 0. The van der Waals surface area contributed by atoms with Crippen molar-refractivity contribution < 1.29 is 4.74 Å². The average Bonchev–Trinajstić information content (AvgIpc) is 2.91. The van der Waals surface area contributed by atoms with Crippen LogP contribution in [0.15, 0.2) is 0 Å². The topological polar surface area (TPSA) is 27.7 Å². The highest BCUT2D eigenvalue weighted by atomic mass is 16.5. The normalized spacial score (nSPS) is 42.0. The summed E-state index contributed by atoms with van der Waals surface area (Å²) in [6, 6.07) is 1.71. The molecule has 3 heterocycles. The highest BCUT2D eigenvalue weighted by molar-refractivity contribution is 4.95. The number of rotatable bonds is 2. The molecule has 0 aromatic heterocycles. The van der Waals surface area contributed by atoms with Gasteiger partial charge in [0.15, 0.2) is 0 Å². The smallest absolute Gasteiger partial charge is 0.0593 e. The minimum Gasteiger partial charge on any atom is -0.380 e. The van der Waals surface area contributed by atoms with Crippen molar-refractivity contribution in [2.75, 3.05) is 52.5 Å². The highest BCUT2D eigenvalue weighted by Gasteiger charge is 2.40. The van der Waals surface area contributed by atoms with Crippen molar-refractivity contribution in [2.24, 2.45) is 11.8 Å². The molecule has 0 radical (unpaired) electrons. The fraction of sp³-hybridized carbons (Fsp3) is 1.00. The molecule has 1 aliphatic carbocycles. The van der Waals surface area contributed by atoms with Gasteiger partial charge in [0.1, 0.15) is 0 Å². The zero-order valence-corrected chi connectivity index (χ0v) is 14.0. The molecule has 4 rings (SSSR count). The van der Waals surface area contributed by atoms with E-state index in [1.807, 2.05) is 0 Å². The monoisotopic (exact) mass is 307 g/mol. The largest absolute Gasteiger partial charge is 0.380 e. The van der Waals surface area contributed by atoms with Gasteiger partial charge in [-0.15, -0.1) is 0 Å². The minimum atomic E-state index is 0.814. The molecule has 0 bridgehead atoms. The molecule has 4 heteroatoms. The minimum absolute atomic E-state index is 0.814. The molecule has 1 N–H and O–H groups in total. The van der Waals surface area contributed by atoms with Gasteiger partial charge in [0.2, 0.25) is 0 Å². The van der Waals surface area contributed by atoms with Crippen molar-refractivity contribution in [1.29, 1.82) is 0 Å². The van der Waals surface area contributed by atoms with Crippen LogP contribution in [0, 0.1) is 11.8 Å². The number of ether oxygens (including phenoxy) is 1. The van der Waals surface area contributed by atoms with E-state index in [2.05, 4.69) is 15.1 Å². The van der Waals surface area contributed by atoms with Gasteiger partial charge in [-0.25, -0.2) is 0 Å². The van der Waals surface area contributed by atoms with Crippen LogP contribution < -0.4 is 5.32 Å². The Morgan fingerprint density at radius 2 is 1.50 bits per heavy atom. The highest BCUT2D eigenvalue weighted by Crippen LogP contribution is 2.37. The van der Waals surface area contributed by atoms with E-state index in [0.29, 0.717) is 0 Å². The van der Waals surface area contributed by atoms with Crippen molar-refractivity contribution in [3.63, 3.8) is 0 Å². The number of nitrogens with zero attached hydrogens (tertiary/aromatic N) is 2. The predicted octanol–water partition coefficient (Wildman–Crippen LogP) is 1.56. The van der Waals surface area contributed by atoms with Gasteiger partial charge in [-0.3, -0.25) is 4.90 Å². The molecule has 0 aromatic rings. The maximum atomic E-state index is 5.63. The van der Waals surface area contributed by atoms with Crippen molar-refractivity contribution in [3.8, 4) is 0 Å². The van der Waals surface area contributed by atoms with Crippen molar-refractivity contribution in [2.45, 2.75) is 50.6 Å². The first kappa shape index (κ1) is 15.4. The number of hydrogen-bond donors (Lipinski definition) is 1. The Bertz CT molecular complexity index is 344. The Hall–Kier alpha value is -0.160. The lowest BCUT2D eigenvalue weighted by Gasteiger charge is -2.30. The van der Waals surface area contributed by atoms with E-state index >= 15 is 0 Å². The van der Waals surface area contributed by atoms with Crippen LogP contribution in [-0.4, -0.2) is 74.4 Å². The Balaban J connectivity index is 1.30. The Kier molecular flexibility index (Phi) is 5.01. The molecule has 3 aliphatic heterocycles. The van der Waals surface area contributed by atoms with Gasteiger partial charge in [-0.05, 0) is 76.5 Å². The van der Waals surface area contributed by atoms with Gasteiger partial charge in [0, 0.05) is 31.8 Å². The third kappa shape index (κ3) is 3.35. The molecule has 126 valence electrons. The van der Waals surface area contributed by atoms with E-state index < -0.39 is 0 Å². The third-order valence-corrected chi connectivity index (χ3v) is 6.65. The van der Waals surface area contributed by atoms with E-state index in [9.17, 15) is 0 Å². The summed E-state index contributed by atoms with van der Waals surface area (Å²) in [5.41, 5.74) is 0. The van der Waals surface area contributed by atoms with Gasteiger partial charge in [0.25, 0.3) is 0 Å². The zero-order valence-electron chi connectivity index (χ0n) is 14.0. The van der Waals surface area contributed by atoms with Crippen LogP contribution in [0.1, 0.15) is 38.5 Å². The van der Waals surface area contributed by atoms with Gasteiger partial charge < -0.3 is 15.0 Å². The van der Waals surface area contributed by atoms with E-state index in [4.69, 9.17) is 4.74 Å². The molecule has 0 spiro atoms. The van der Waals surface area contributed by atoms with E-state index in [0.717, 1.165) is 43.7 Å². The first-order chi connectivity index (χ1) is 10.9. The molecule has 0 amide bonds. The fourth-order valence-electron chi connectivity index (χ4n) is 5.39. The molecule has 3 atom stereocenters. The summed E-state index contributed by atoms with van der Waals surface area (Å²) in [5.74, 6) is 1.96. The Morgan fingerprint density at radius 3 is 2.36 bits per heavy atom. The van der Waals surface area contributed by atoms with Crippen LogP contribution in [0.4, 0.5) is 0 Å². The molecule has 0 aromatic carbocycles. The summed E-state index contributed by atoms with van der Waals surface area (Å²) in [7, 11) is 0. The average molecular weight is 307 g/mol. The summed E-state index contributed by atoms with van der Waals surface area (Å²) in [6.07, 6.45) is 8.31. The van der Waals surface area contributed by atoms with E-state index in [1.165, 1.54) is 71.2 Å². The van der Waals surface area contributed by atoms with Gasteiger partial charge in [-0.2, -0.15) is 0 Å². The second-order valence-corrected chi connectivity index (χ2v) is 7.93. The van der Waals surface area contributed by atoms with Crippen LogP contribution in [0.3, 0.4) is 0 Å². The number of nitrogens with one attached hydrogen (secondary N) is 1. The molecule has 4 fully saturated rings. The second-order valence-electron chi connectivity index (χ2n) is 7.93. The van der Waals surface area contributed by atoms with Crippen molar-refractivity contribution >= 4 is 0 Å². The summed E-state index contributed by atoms with van der Waals surface area (Å²) in [5, 5.41) is 3.58. The van der Waals surface area contributed by atoms with Crippen molar-refractivity contribution in [1.82, 2.24) is 15.1 Å². The molecular weight excluding hydrogens is 274 g/mol. The van der Waals surface area contributed by atoms with Gasteiger partial charge in [-0.1, -0.05) is 0 Å². The zero-order chi connectivity index (χ0) is 14.8. The van der Waals surface area contributed by atoms with Crippen LogP contribution in [0.25, 0.3) is 0 Å². The van der Waals surface area contributed by atoms with E-state index in [1.54, 1.807) is 0 Å². The van der Waals surface area contributed by atoms with Crippen LogP contribution in [-0.2, 0) is 4.74 Å². The Labute approximate surface area is 135 Å². The maximum Gasteiger partial charge on any atom is 0.0593 e. The molecule has 4 nitrogen and oxygen atoms in total. The predicted molar refractivity (Wildman–Crippen MR) is 89.1 cm³/mol. The van der Waals surface area contributed by atoms with Crippen LogP contribution in [0.5, 0.6) is 0 Å². The SMILES string of the molecule is C1COCCN(C2CCCN(C3CC4CNCC4C3)CC2)C1. The van der Waals surface area contributed by atoms with Gasteiger partial charge in [0.05, 0.1) is 6.61 Å². The number of likely N-dealkylation sites (tertiary alicyclic amines) is 1. The molecule has 4 aliphatic rings. The van der Waals surface area contributed by atoms with Crippen molar-refractivity contribution in [3.05, 3.63) is 0 Å². The first-order valence-electron chi connectivity index (χ1n) is 9.67. The lowest BCUT2D eigenvalue weighted by atomic mass is 10.0. The summed E-state index contributed by atoms with van der Waals surface area (Å²) in [6.45, 7) is 9.57. The first-order valence-corrected chi connectivity index (χ1v) is 9.67. The second kappa shape index (κ2) is 7.16. The fourth-order valence-corrected chi connectivity index (χ4v) is 5.39. The quantitative estimate of drug-likeness (QED) is 0.838. The molecule has 22 heavy (non-hydrogen) atoms. The van der Waals surface area contributed by atoms with Crippen LogP contribution in [0.2, 0.25) is 0 Å². The lowest BCUT2D eigenvalue weighted by Crippen LogP contribution is -2.39. The molecule has 3 unspecified atom stereocenters. The number of fused-ring (bicyclic) bond motifs is 1. The molecule has 3 saturated heterocycles. The lowest BCUT2D eigenvalue weighted by molar-refractivity contribution is 0.126. The van der Waals surface area contributed by atoms with Crippen LogP contribution >= 0.6 is 0 Å². The van der Waals surface area contributed by atoms with E-state index in [-0.39, 0.29) is 0 Å². The molecular formula is C18H33N3O. The third-order valence-electron chi connectivity index (χ3n) is 6.65. The van der Waals surface area contributed by atoms with Gasteiger partial charge >= 0.3 is 0 Å². The maximum absolute atomic E-state index is 5.63. The summed E-state index contributed by atoms with van der Waals surface area (Å²) in [4.78, 5) is 5.58. The Morgan fingerprint density at radius 1 is 0.727 bits per heavy atom.